The molecule has 1 fully saturated rings. The molecule has 0 spiro atoms. The van der Waals surface area contributed by atoms with Crippen molar-refractivity contribution in [2.75, 3.05) is 31.7 Å². The molecule has 0 radical (unpaired) electrons. The maximum absolute atomic E-state index is 6.18. The molecule has 3 rings (SSSR count). The zero-order valence-corrected chi connectivity index (χ0v) is 12.4. The zero-order valence-electron chi connectivity index (χ0n) is 11.6. The van der Waals surface area contributed by atoms with Crippen molar-refractivity contribution in [1.29, 1.82) is 0 Å². The summed E-state index contributed by atoms with van der Waals surface area (Å²) in [5, 5.41) is 1.13. The molecule has 1 aliphatic carbocycles. The Balaban J connectivity index is 1.67. The number of aryl methyl sites for hydroxylation is 1. The average Bonchev–Trinajstić information content (AvgIpc) is 2.85. The number of nitrogens with zero attached hydrogens (tertiary/aromatic N) is 2. The first-order valence-electron chi connectivity index (χ1n) is 7.28. The van der Waals surface area contributed by atoms with Crippen LogP contribution in [0.5, 0.6) is 0 Å². The number of hydrogen-bond acceptors (Lipinski definition) is 5. The molecule has 0 bridgehead atoms. The molecule has 5 heteroatoms. The third kappa shape index (κ3) is 2.93. The number of rotatable bonds is 3. The normalized spacial score (nSPS) is 27.1. The average molecular weight is 281 g/mol. The van der Waals surface area contributed by atoms with E-state index in [0.29, 0.717) is 5.92 Å². The van der Waals surface area contributed by atoms with E-state index in [9.17, 15) is 0 Å². The fourth-order valence-corrected chi connectivity index (χ4v) is 4.14. The molecule has 1 aromatic heterocycles. The van der Waals surface area contributed by atoms with Gasteiger partial charge in [-0.05, 0) is 38.0 Å². The molecule has 2 N–H and O–H groups in total. The Labute approximate surface area is 119 Å². The summed E-state index contributed by atoms with van der Waals surface area (Å²) < 4.78 is 5.55. The number of nitrogens with two attached hydrogens (primary N) is 1. The summed E-state index contributed by atoms with van der Waals surface area (Å²) in [4.78, 5) is 8.39. The van der Waals surface area contributed by atoms with Crippen LogP contribution in [0.2, 0.25) is 0 Å². The predicted octanol–water partition coefficient (Wildman–Crippen LogP) is 2.34. The highest BCUT2D eigenvalue weighted by atomic mass is 32.1. The number of ether oxygens (including phenoxy) is 1. The van der Waals surface area contributed by atoms with Crippen molar-refractivity contribution in [2.45, 2.75) is 38.1 Å². The first-order valence-corrected chi connectivity index (χ1v) is 8.09. The van der Waals surface area contributed by atoms with Crippen LogP contribution < -0.4 is 10.6 Å². The van der Waals surface area contributed by atoms with E-state index in [1.165, 1.54) is 29.8 Å². The van der Waals surface area contributed by atoms with E-state index in [4.69, 9.17) is 15.5 Å². The topological polar surface area (TPSA) is 51.4 Å². The van der Waals surface area contributed by atoms with Gasteiger partial charge in [-0.15, -0.1) is 11.3 Å². The van der Waals surface area contributed by atoms with Crippen molar-refractivity contribution in [3.05, 3.63) is 10.6 Å². The first-order chi connectivity index (χ1) is 9.24. The van der Waals surface area contributed by atoms with Gasteiger partial charge in [-0.3, -0.25) is 0 Å². The van der Waals surface area contributed by atoms with Crippen LogP contribution in [0.1, 0.15) is 42.3 Å². The Kier molecular flexibility index (Phi) is 4.05. The third-order valence-corrected chi connectivity index (χ3v) is 5.44. The molecule has 0 aromatic carbocycles. The molecule has 106 valence electrons. The van der Waals surface area contributed by atoms with Crippen LogP contribution in [0, 0.1) is 5.92 Å². The monoisotopic (exact) mass is 281 g/mol. The Morgan fingerprint density at radius 3 is 3.05 bits per heavy atom. The minimum Gasteiger partial charge on any atom is -0.381 e. The van der Waals surface area contributed by atoms with Crippen LogP contribution in [0.25, 0.3) is 0 Å². The van der Waals surface area contributed by atoms with Crippen LogP contribution >= 0.6 is 11.3 Å². The lowest BCUT2D eigenvalue weighted by Gasteiger charge is -2.26. The Morgan fingerprint density at radius 1 is 1.42 bits per heavy atom. The molecule has 2 atom stereocenters. The van der Waals surface area contributed by atoms with E-state index >= 15 is 0 Å². The summed E-state index contributed by atoms with van der Waals surface area (Å²) in [5.74, 6) is 0.647. The summed E-state index contributed by atoms with van der Waals surface area (Å²) in [6.07, 6.45) is 5.85. The van der Waals surface area contributed by atoms with Crippen molar-refractivity contribution >= 4 is 16.5 Å². The summed E-state index contributed by atoms with van der Waals surface area (Å²) in [7, 11) is 2.14. The van der Waals surface area contributed by atoms with E-state index in [1.807, 2.05) is 0 Å². The van der Waals surface area contributed by atoms with Crippen LogP contribution in [0.4, 0.5) is 5.13 Å². The van der Waals surface area contributed by atoms with Crippen molar-refractivity contribution in [3.63, 3.8) is 0 Å². The molecule has 19 heavy (non-hydrogen) atoms. The molecule has 0 amide bonds. The minimum atomic E-state index is 0.210. The van der Waals surface area contributed by atoms with Gasteiger partial charge in [0.2, 0.25) is 0 Å². The molecule has 2 unspecified atom stereocenters. The molecular formula is C14H23N3OS. The second-order valence-electron chi connectivity index (χ2n) is 5.77. The van der Waals surface area contributed by atoms with Gasteiger partial charge in [0.25, 0.3) is 0 Å². The smallest absolute Gasteiger partial charge is 0.185 e. The lowest BCUT2D eigenvalue weighted by molar-refractivity contribution is 0.0576. The summed E-state index contributed by atoms with van der Waals surface area (Å²) in [5.41, 5.74) is 7.42. The standard InChI is InChI=1S/C14H23N3OS/c1-17(8-10-4-3-7-18-9-10)14-16-12-6-2-5-11(15)13(12)19-14/h10-11H,2-9,15H2,1H3. The lowest BCUT2D eigenvalue weighted by Crippen LogP contribution is -2.30. The van der Waals surface area contributed by atoms with Gasteiger partial charge >= 0.3 is 0 Å². The summed E-state index contributed by atoms with van der Waals surface area (Å²) >= 11 is 1.79. The van der Waals surface area contributed by atoms with Crippen molar-refractivity contribution < 1.29 is 4.74 Å². The molecular weight excluding hydrogens is 258 g/mol. The van der Waals surface area contributed by atoms with Crippen molar-refractivity contribution in [2.24, 2.45) is 11.7 Å². The number of anilines is 1. The number of hydrogen-bond donors (Lipinski definition) is 1. The van der Waals surface area contributed by atoms with Crippen LogP contribution in [0.3, 0.4) is 0 Å². The van der Waals surface area contributed by atoms with Gasteiger partial charge in [0.15, 0.2) is 5.13 Å². The molecule has 2 heterocycles. The van der Waals surface area contributed by atoms with Gasteiger partial charge < -0.3 is 15.4 Å². The Bertz CT molecular complexity index is 428. The summed E-state index contributed by atoms with van der Waals surface area (Å²) in [6.45, 7) is 2.87. The maximum Gasteiger partial charge on any atom is 0.185 e. The van der Waals surface area contributed by atoms with E-state index in [-0.39, 0.29) is 6.04 Å². The molecule has 4 nitrogen and oxygen atoms in total. The van der Waals surface area contributed by atoms with Crippen LogP contribution in [-0.4, -0.2) is 31.8 Å². The minimum absolute atomic E-state index is 0.210. The molecule has 0 saturated carbocycles. The van der Waals surface area contributed by atoms with E-state index < -0.39 is 0 Å². The second-order valence-corrected chi connectivity index (χ2v) is 6.78. The largest absolute Gasteiger partial charge is 0.381 e. The van der Waals surface area contributed by atoms with Crippen LogP contribution in [0.15, 0.2) is 0 Å². The van der Waals surface area contributed by atoms with Gasteiger partial charge in [-0.2, -0.15) is 0 Å². The number of aromatic nitrogens is 1. The lowest BCUT2D eigenvalue weighted by atomic mass is 9.99. The maximum atomic E-state index is 6.18. The fourth-order valence-electron chi connectivity index (χ4n) is 3.02. The van der Waals surface area contributed by atoms with E-state index in [0.717, 1.165) is 37.7 Å². The molecule has 1 aromatic rings. The fraction of sp³-hybridized carbons (Fsp3) is 0.786. The highest BCUT2D eigenvalue weighted by Crippen LogP contribution is 2.36. The van der Waals surface area contributed by atoms with Gasteiger partial charge in [-0.1, -0.05) is 0 Å². The SMILES string of the molecule is CN(CC1CCCOC1)c1nc2c(s1)C(N)CCC2. The highest BCUT2D eigenvalue weighted by Gasteiger charge is 2.24. The van der Waals surface area contributed by atoms with Gasteiger partial charge in [0.05, 0.1) is 12.3 Å². The van der Waals surface area contributed by atoms with Gasteiger partial charge in [-0.25, -0.2) is 4.98 Å². The third-order valence-electron chi connectivity index (χ3n) is 4.09. The first kappa shape index (κ1) is 13.3. The van der Waals surface area contributed by atoms with Gasteiger partial charge in [0.1, 0.15) is 0 Å². The highest BCUT2D eigenvalue weighted by molar-refractivity contribution is 7.15. The molecule has 2 aliphatic rings. The predicted molar refractivity (Wildman–Crippen MR) is 78.8 cm³/mol. The quantitative estimate of drug-likeness (QED) is 0.924. The second kappa shape index (κ2) is 5.77. The summed E-state index contributed by atoms with van der Waals surface area (Å²) in [6, 6.07) is 0.210. The van der Waals surface area contributed by atoms with Crippen molar-refractivity contribution in [3.8, 4) is 0 Å². The number of fused-ring (bicyclic) bond motifs is 1. The Morgan fingerprint density at radius 2 is 2.32 bits per heavy atom. The van der Waals surface area contributed by atoms with Crippen molar-refractivity contribution in [1.82, 2.24) is 4.98 Å². The molecule has 1 aliphatic heterocycles. The van der Waals surface area contributed by atoms with E-state index in [2.05, 4.69) is 11.9 Å². The van der Waals surface area contributed by atoms with Crippen LogP contribution in [-0.2, 0) is 11.2 Å². The van der Waals surface area contributed by atoms with Gasteiger partial charge in [0, 0.05) is 31.1 Å². The number of thiazole rings is 1. The molecule has 1 saturated heterocycles. The zero-order chi connectivity index (χ0) is 13.2. The Hall–Kier alpha value is -0.650. The van der Waals surface area contributed by atoms with E-state index in [1.54, 1.807) is 11.3 Å².